The monoisotopic (exact) mass is 253 g/mol. The van der Waals surface area contributed by atoms with Crippen molar-refractivity contribution >= 4 is 23.6 Å². The van der Waals surface area contributed by atoms with Gasteiger partial charge in [0.25, 0.3) is 0 Å². The van der Waals surface area contributed by atoms with Crippen LogP contribution in [-0.2, 0) is 0 Å². The molecule has 0 aromatic carbocycles. The Hall–Kier alpha value is -1.04. The SMILES string of the molecule is C=N/C(Cl)=N\C(NC1CC1)=C(/C)C(F)(F)F. The first kappa shape index (κ1) is 13.0. The number of aliphatic imine (C=N–C) groups is 2. The predicted octanol–water partition coefficient (Wildman–Crippen LogP) is 2.83. The van der Waals surface area contributed by atoms with Crippen molar-refractivity contribution in [2.75, 3.05) is 0 Å². The van der Waals surface area contributed by atoms with Gasteiger partial charge in [-0.1, -0.05) is 0 Å². The van der Waals surface area contributed by atoms with Crippen molar-refractivity contribution in [2.24, 2.45) is 9.98 Å². The Morgan fingerprint density at radius 1 is 1.44 bits per heavy atom. The Labute approximate surface area is 96.1 Å². The van der Waals surface area contributed by atoms with Crippen LogP contribution >= 0.6 is 11.6 Å². The molecule has 3 nitrogen and oxygen atoms in total. The van der Waals surface area contributed by atoms with Gasteiger partial charge in [0.15, 0.2) is 0 Å². The van der Waals surface area contributed by atoms with E-state index in [0.717, 1.165) is 19.8 Å². The molecule has 1 fully saturated rings. The van der Waals surface area contributed by atoms with E-state index in [-0.39, 0.29) is 17.2 Å². The minimum Gasteiger partial charge on any atom is -0.367 e. The van der Waals surface area contributed by atoms with Gasteiger partial charge in [-0.25, -0.2) is 9.98 Å². The highest BCUT2D eigenvalue weighted by molar-refractivity contribution is 6.65. The van der Waals surface area contributed by atoms with Crippen molar-refractivity contribution in [2.45, 2.75) is 32.0 Å². The van der Waals surface area contributed by atoms with Crippen LogP contribution in [0.25, 0.3) is 0 Å². The van der Waals surface area contributed by atoms with Gasteiger partial charge >= 0.3 is 6.18 Å². The van der Waals surface area contributed by atoms with E-state index < -0.39 is 11.7 Å². The third kappa shape index (κ3) is 3.84. The van der Waals surface area contributed by atoms with Gasteiger partial charge in [-0.2, -0.15) is 13.2 Å². The quantitative estimate of drug-likeness (QED) is 0.469. The number of nitrogens with one attached hydrogen (secondary N) is 1. The van der Waals surface area contributed by atoms with Gasteiger partial charge in [-0.3, -0.25) is 0 Å². The molecule has 7 heteroatoms. The zero-order chi connectivity index (χ0) is 12.3. The molecule has 0 aromatic heterocycles. The molecule has 0 aliphatic heterocycles. The number of hydrogen-bond donors (Lipinski definition) is 1. The number of nitrogens with zero attached hydrogens (tertiary/aromatic N) is 2. The average Bonchev–Trinajstić information content (AvgIpc) is 2.97. The van der Waals surface area contributed by atoms with Gasteiger partial charge in [0, 0.05) is 6.04 Å². The molecule has 0 heterocycles. The second-order valence-electron chi connectivity index (χ2n) is 3.43. The lowest BCUT2D eigenvalue weighted by Gasteiger charge is -2.12. The Morgan fingerprint density at radius 2 is 2.00 bits per heavy atom. The van der Waals surface area contributed by atoms with E-state index in [9.17, 15) is 13.2 Å². The molecule has 0 bridgehead atoms. The fraction of sp³-hybridized carbons (Fsp3) is 0.556. The molecule has 0 aromatic rings. The summed E-state index contributed by atoms with van der Waals surface area (Å²) in [6.07, 6.45) is -2.76. The summed E-state index contributed by atoms with van der Waals surface area (Å²) in [5.74, 6) is -0.285. The fourth-order valence-electron chi connectivity index (χ4n) is 0.907. The maximum absolute atomic E-state index is 12.5. The molecule has 1 rings (SSSR count). The Morgan fingerprint density at radius 3 is 2.38 bits per heavy atom. The van der Waals surface area contributed by atoms with Crippen molar-refractivity contribution in [3.8, 4) is 0 Å². The molecule has 0 unspecified atom stereocenters. The van der Waals surface area contributed by atoms with E-state index in [4.69, 9.17) is 11.6 Å². The molecule has 0 amide bonds. The molecule has 0 saturated heterocycles. The molecule has 0 spiro atoms. The maximum Gasteiger partial charge on any atom is 0.415 e. The molecule has 16 heavy (non-hydrogen) atoms. The summed E-state index contributed by atoms with van der Waals surface area (Å²) in [5.41, 5.74) is -0.818. The van der Waals surface area contributed by atoms with Crippen LogP contribution in [0.4, 0.5) is 13.2 Å². The third-order valence-electron chi connectivity index (χ3n) is 2.03. The molecule has 1 saturated carbocycles. The predicted molar refractivity (Wildman–Crippen MR) is 57.7 cm³/mol. The summed E-state index contributed by atoms with van der Waals surface area (Å²) in [7, 11) is 0. The molecular weight excluding hydrogens is 243 g/mol. The number of halogens is 4. The second-order valence-corrected chi connectivity index (χ2v) is 3.77. The zero-order valence-corrected chi connectivity index (χ0v) is 9.36. The van der Waals surface area contributed by atoms with Gasteiger partial charge in [-0.05, 0) is 38.1 Å². The van der Waals surface area contributed by atoms with Gasteiger partial charge in [0.1, 0.15) is 5.82 Å². The lowest BCUT2D eigenvalue weighted by atomic mass is 10.3. The second kappa shape index (κ2) is 4.86. The topological polar surface area (TPSA) is 36.8 Å². The molecule has 0 radical (unpaired) electrons. The minimum atomic E-state index is -4.43. The Kier molecular flexibility index (Phi) is 3.96. The summed E-state index contributed by atoms with van der Waals surface area (Å²) < 4.78 is 37.4. The van der Waals surface area contributed by atoms with Crippen LogP contribution in [0.1, 0.15) is 19.8 Å². The van der Waals surface area contributed by atoms with Gasteiger partial charge in [0.05, 0.1) is 5.57 Å². The normalized spacial score (nSPS) is 19.2. The third-order valence-corrected chi connectivity index (χ3v) is 2.24. The van der Waals surface area contributed by atoms with Crippen molar-refractivity contribution in [3.63, 3.8) is 0 Å². The van der Waals surface area contributed by atoms with Crippen molar-refractivity contribution in [1.29, 1.82) is 0 Å². The summed E-state index contributed by atoms with van der Waals surface area (Å²) in [4.78, 5) is 6.79. The number of amidine groups is 1. The van der Waals surface area contributed by atoms with Gasteiger partial charge < -0.3 is 5.32 Å². The van der Waals surface area contributed by atoms with E-state index in [1.807, 2.05) is 0 Å². The number of hydrogen-bond acceptors (Lipinski definition) is 2. The molecule has 0 atom stereocenters. The molecular formula is C9H11ClF3N3. The molecule has 1 aliphatic carbocycles. The van der Waals surface area contributed by atoms with Gasteiger partial charge in [-0.15, -0.1) is 0 Å². The summed E-state index contributed by atoms with van der Waals surface area (Å²) in [5, 5.41) is 2.35. The highest BCUT2D eigenvalue weighted by Gasteiger charge is 2.35. The largest absolute Gasteiger partial charge is 0.415 e. The van der Waals surface area contributed by atoms with Crippen molar-refractivity contribution in [3.05, 3.63) is 11.4 Å². The first-order valence-corrected chi connectivity index (χ1v) is 4.98. The van der Waals surface area contributed by atoms with Crippen LogP contribution in [0.15, 0.2) is 21.4 Å². The first-order valence-electron chi connectivity index (χ1n) is 4.60. The van der Waals surface area contributed by atoms with Crippen LogP contribution in [0, 0.1) is 0 Å². The van der Waals surface area contributed by atoms with Crippen LogP contribution in [0.5, 0.6) is 0 Å². The fourth-order valence-corrected chi connectivity index (χ4v) is 0.992. The van der Waals surface area contributed by atoms with E-state index in [2.05, 4.69) is 22.0 Å². The molecule has 90 valence electrons. The zero-order valence-electron chi connectivity index (χ0n) is 8.60. The minimum absolute atomic E-state index is 0.0466. The summed E-state index contributed by atoms with van der Waals surface area (Å²) in [6, 6.07) is 0.0466. The smallest absolute Gasteiger partial charge is 0.367 e. The molecule has 1 N–H and O–H groups in total. The van der Waals surface area contributed by atoms with Crippen LogP contribution in [-0.4, -0.2) is 24.2 Å². The highest BCUT2D eigenvalue weighted by atomic mass is 35.5. The standard InChI is InChI=1S/C9H11ClF3N3/c1-5(9(11,12)13)7(15-6-3-4-6)16-8(10)14-2/h6,15H,2-4H2,1H3/b7-5+,16-8-. The lowest BCUT2D eigenvalue weighted by Crippen LogP contribution is -2.22. The average molecular weight is 254 g/mol. The number of alkyl halides is 3. The van der Waals surface area contributed by atoms with E-state index in [0.29, 0.717) is 0 Å². The van der Waals surface area contributed by atoms with E-state index in [1.54, 1.807) is 0 Å². The number of rotatable bonds is 3. The summed E-state index contributed by atoms with van der Waals surface area (Å²) in [6.45, 7) is 4.03. The van der Waals surface area contributed by atoms with Crippen LogP contribution in [0.2, 0.25) is 0 Å². The van der Waals surface area contributed by atoms with Gasteiger partial charge in [0.2, 0.25) is 5.29 Å². The molecule has 1 aliphatic rings. The van der Waals surface area contributed by atoms with E-state index >= 15 is 0 Å². The number of allylic oxidation sites excluding steroid dienone is 1. The van der Waals surface area contributed by atoms with Crippen LogP contribution in [0.3, 0.4) is 0 Å². The van der Waals surface area contributed by atoms with E-state index in [1.165, 1.54) is 0 Å². The van der Waals surface area contributed by atoms with Crippen molar-refractivity contribution < 1.29 is 13.2 Å². The lowest BCUT2D eigenvalue weighted by molar-refractivity contribution is -0.0925. The Balaban J connectivity index is 2.97. The Bertz CT molecular complexity index is 342. The highest BCUT2D eigenvalue weighted by Crippen LogP contribution is 2.29. The maximum atomic E-state index is 12.5. The summed E-state index contributed by atoms with van der Waals surface area (Å²) >= 11 is 5.44. The van der Waals surface area contributed by atoms with Crippen molar-refractivity contribution in [1.82, 2.24) is 5.32 Å². The van der Waals surface area contributed by atoms with Crippen LogP contribution < -0.4 is 5.32 Å². The first-order chi connectivity index (χ1) is 7.34.